The van der Waals surface area contributed by atoms with E-state index < -0.39 is 0 Å². The van der Waals surface area contributed by atoms with Gasteiger partial charge in [0.15, 0.2) is 0 Å². The number of hydrogen-bond donors (Lipinski definition) is 1. The first-order valence-electron chi connectivity index (χ1n) is 8.66. The first-order valence-corrected chi connectivity index (χ1v) is 9.79. The lowest BCUT2D eigenvalue weighted by molar-refractivity contribution is 0.0955. The molecule has 0 aromatic heterocycles. The van der Waals surface area contributed by atoms with E-state index in [0.29, 0.717) is 20.6 Å². The largest absolute Gasteiger partial charge is 0.365 e. The Hall–Kier alpha value is -2.01. The summed E-state index contributed by atoms with van der Waals surface area (Å²) in [6, 6.07) is 8.54. The van der Waals surface area contributed by atoms with E-state index in [-0.39, 0.29) is 11.4 Å². The minimum absolute atomic E-state index is 0.0934. The van der Waals surface area contributed by atoms with E-state index in [1.54, 1.807) is 12.1 Å². The third-order valence-corrected chi connectivity index (χ3v) is 5.95. The maximum atomic E-state index is 12.2. The number of allylic oxidation sites excluding steroid dienone is 1. The van der Waals surface area contributed by atoms with Crippen molar-refractivity contribution in [2.24, 2.45) is 5.10 Å². The van der Waals surface area contributed by atoms with Gasteiger partial charge in [-0.15, -0.1) is 0 Å². The van der Waals surface area contributed by atoms with Crippen molar-refractivity contribution >= 4 is 58.2 Å². The molecular formula is C21H20Cl3N3O. The van der Waals surface area contributed by atoms with Gasteiger partial charge in [0.25, 0.3) is 5.91 Å². The van der Waals surface area contributed by atoms with Gasteiger partial charge in [-0.05, 0) is 56.7 Å². The van der Waals surface area contributed by atoms with Gasteiger partial charge in [-0.2, -0.15) is 5.10 Å². The summed E-state index contributed by atoms with van der Waals surface area (Å²) in [5.41, 5.74) is 6.79. The van der Waals surface area contributed by atoms with Gasteiger partial charge >= 0.3 is 0 Å². The second kappa shape index (κ2) is 7.78. The van der Waals surface area contributed by atoms with Crippen LogP contribution in [0.5, 0.6) is 0 Å². The van der Waals surface area contributed by atoms with E-state index in [9.17, 15) is 4.79 Å². The Morgan fingerprint density at radius 1 is 1.11 bits per heavy atom. The maximum Gasteiger partial charge on any atom is 0.271 e. The summed E-state index contributed by atoms with van der Waals surface area (Å²) >= 11 is 18.3. The van der Waals surface area contributed by atoms with Crippen molar-refractivity contribution in [3.8, 4) is 0 Å². The van der Waals surface area contributed by atoms with Crippen LogP contribution in [0.2, 0.25) is 15.1 Å². The minimum Gasteiger partial charge on any atom is -0.365 e. The first kappa shape index (κ1) is 20.7. The normalized spacial score (nSPS) is 15.4. The van der Waals surface area contributed by atoms with Gasteiger partial charge in [0.2, 0.25) is 0 Å². The zero-order chi connectivity index (χ0) is 20.6. The molecule has 0 atom stereocenters. The van der Waals surface area contributed by atoms with Gasteiger partial charge in [0, 0.05) is 29.4 Å². The van der Waals surface area contributed by atoms with E-state index in [0.717, 1.165) is 16.8 Å². The SMILES string of the molecule is CC1=CC(C)(C)N(C)c2cc(Cl)c(/C=N/NC(=O)c3ccc(Cl)c(Cl)c3)cc21. The number of likely N-dealkylation sites (N-methyl/N-ethyl adjacent to an activating group) is 1. The highest BCUT2D eigenvalue weighted by atomic mass is 35.5. The van der Waals surface area contributed by atoms with Gasteiger partial charge in [-0.25, -0.2) is 5.43 Å². The zero-order valence-electron chi connectivity index (χ0n) is 16.0. The summed E-state index contributed by atoms with van der Waals surface area (Å²) in [5.74, 6) is -0.388. The van der Waals surface area contributed by atoms with E-state index in [1.807, 2.05) is 19.2 Å². The molecule has 2 aromatic rings. The molecule has 1 heterocycles. The lowest BCUT2D eigenvalue weighted by Crippen LogP contribution is -2.42. The standard InChI is InChI=1S/C21H20Cl3N3O/c1-12-10-21(2,3)27(4)19-9-17(23)14(7-15(12)19)11-25-26-20(28)13-5-6-16(22)18(24)8-13/h5-11H,1-4H3,(H,26,28)/b25-11+. The number of hydrogen-bond acceptors (Lipinski definition) is 3. The maximum absolute atomic E-state index is 12.2. The van der Waals surface area contributed by atoms with Crippen LogP contribution >= 0.6 is 34.8 Å². The number of fused-ring (bicyclic) bond motifs is 1. The number of amides is 1. The Bertz CT molecular complexity index is 1010. The van der Waals surface area contributed by atoms with Crippen LogP contribution < -0.4 is 10.3 Å². The summed E-state index contributed by atoms with van der Waals surface area (Å²) in [4.78, 5) is 14.4. The minimum atomic E-state index is -0.388. The molecule has 3 rings (SSSR count). The van der Waals surface area contributed by atoms with E-state index >= 15 is 0 Å². The molecule has 1 aliphatic rings. The Balaban J connectivity index is 1.82. The van der Waals surface area contributed by atoms with Crippen molar-refractivity contribution in [1.29, 1.82) is 0 Å². The van der Waals surface area contributed by atoms with Crippen LogP contribution in [-0.2, 0) is 0 Å². The molecule has 1 amide bonds. The summed E-state index contributed by atoms with van der Waals surface area (Å²) in [7, 11) is 2.04. The second-order valence-electron chi connectivity index (χ2n) is 7.26. The van der Waals surface area contributed by atoms with Crippen LogP contribution in [0.4, 0.5) is 5.69 Å². The van der Waals surface area contributed by atoms with Crippen LogP contribution in [0, 0.1) is 0 Å². The monoisotopic (exact) mass is 435 g/mol. The molecule has 0 bridgehead atoms. The number of hydrazone groups is 1. The third kappa shape index (κ3) is 4.04. The van der Waals surface area contributed by atoms with Gasteiger partial charge in [-0.3, -0.25) is 4.79 Å². The molecule has 146 valence electrons. The second-order valence-corrected chi connectivity index (χ2v) is 8.48. The zero-order valence-corrected chi connectivity index (χ0v) is 18.2. The van der Waals surface area contributed by atoms with Crippen molar-refractivity contribution < 1.29 is 4.79 Å². The highest BCUT2D eigenvalue weighted by Crippen LogP contribution is 2.40. The van der Waals surface area contributed by atoms with Crippen LogP contribution in [0.15, 0.2) is 41.5 Å². The molecule has 0 unspecified atom stereocenters. The van der Waals surface area contributed by atoms with Crippen LogP contribution in [0.25, 0.3) is 5.57 Å². The van der Waals surface area contributed by atoms with E-state index in [1.165, 1.54) is 17.9 Å². The van der Waals surface area contributed by atoms with Gasteiger partial charge in [-0.1, -0.05) is 40.9 Å². The van der Waals surface area contributed by atoms with Gasteiger partial charge in [0.05, 0.1) is 26.8 Å². The molecule has 0 aliphatic carbocycles. The number of carbonyl (C=O) groups excluding carboxylic acids is 1. The van der Waals surface area contributed by atoms with Crippen molar-refractivity contribution in [3.63, 3.8) is 0 Å². The van der Waals surface area contributed by atoms with Crippen LogP contribution in [0.3, 0.4) is 0 Å². The fourth-order valence-electron chi connectivity index (χ4n) is 3.15. The molecule has 0 radical (unpaired) electrons. The summed E-state index contributed by atoms with van der Waals surface area (Å²) < 4.78 is 0. The van der Waals surface area contributed by atoms with E-state index in [2.05, 4.69) is 42.3 Å². The Labute approximate surface area is 179 Å². The predicted octanol–water partition coefficient (Wildman–Crippen LogP) is 6.04. The molecule has 0 saturated heterocycles. The fourth-order valence-corrected chi connectivity index (χ4v) is 3.65. The van der Waals surface area contributed by atoms with Crippen LogP contribution in [-0.4, -0.2) is 24.7 Å². The number of rotatable bonds is 3. The third-order valence-electron chi connectivity index (χ3n) is 4.89. The smallest absolute Gasteiger partial charge is 0.271 e. The first-order chi connectivity index (χ1) is 13.1. The Morgan fingerprint density at radius 3 is 2.50 bits per heavy atom. The Morgan fingerprint density at radius 2 is 1.82 bits per heavy atom. The molecule has 0 spiro atoms. The van der Waals surface area contributed by atoms with Gasteiger partial charge < -0.3 is 4.90 Å². The lowest BCUT2D eigenvalue weighted by Gasteiger charge is -2.40. The average molecular weight is 437 g/mol. The number of carbonyl (C=O) groups is 1. The molecule has 2 aromatic carbocycles. The number of nitrogens with zero attached hydrogens (tertiary/aromatic N) is 2. The topological polar surface area (TPSA) is 44.7 Å². The number of benzene rings is 2. The van der Waals surface area contributed by atoms with Crippen LogP contribution in [0.1, 0.15) is 42.3 Å². The quantitative estimate of drug-likeness (QED) is 0.471. The van der Waals surface area contributed by atoms with E-state index in [4.69, 9.17) is 34.8 Å². The summed E-state index contributed by atoms with van der Waals surface area (Å²) in [6.45, 7) is 6.39. The molecule has 0 fully saturated rings. The number of halogens is 3. The average Bonchev–Trinajstić information content (AvgIpc) is 2.62. The highest BCUT2D eigenvalue weighted by Gasteiger charge is 2.29. The molecule has 1 N–H and O–H groups in total. The predicted molar refractivity (Wildman–Crippen MR) is 119 cm³/mol. The number of anilines is 1. The molecule has 0 saturated carbocycles. The highest BCUT2D eigenvalue weighted by molar-refractivity contribution is 6.42. The molecule has 7 heteroatoms. The molecule has 28 heavy (non-hydrogen) atoms. The summed E-state index contributed by atoms with van der Waals surface area (Å²) in [6.07, 6.45) is 3.75. The molecule has 4 nitrogen and oxygen atoms in total. The summed E-state index contributed by atoms with van der Waals surface area (Å²) in [5, 5.41) is 5.29. The number of nitrogens with one attached hydrogen (secondary N) is 1. The van der Waals surface area contributed by atoms with Crippen molar-refractivity contribution in [1.82, 2.24) is 5.43 Å². The van der Waals surface area contributed by atoms with Crippen molar-refractivity contribution in [3.05, 3.63) is 68.2 Å². The van der Waals surface area contributed by atoms with Crippen molar-refractivity contribution in [2.45, 2.75) is 26.3 Å². The molecule has 1 aliphatic heterocycles. The fraction of sp³-hybridized carbons (Fsp3) is 0.238. The Kier molecular flexibility index (Phi) is 5.76. The molecular weight excluding hydrogens is 417 g/mol. The van der Waals surface area contributed by atoms with Crippen molar-refractivity contribution in [2.75, 3.05) is 11.9 Å². The lowest BCUT2D eigenvalue weighted by atomic mass is 9.88. The van der Waals surface area contributed by atoms with Gasteiger partial charge in [0.1, 0.15) is 0 Å².